The van der Waals surface area contributed by atoms with Gasteiger partial charge in [-0.05, 0) is 68.2 Å². The van der Waals surface area contributed by atoms with Crippen molar-refractivity contribution in [1.29, 1.82) is 0 Å². The number of phenols is 2. The summed E-state index contributed by atoms with van der Waals surface area (Å²) in [7, 11) is 4.28. The number of primary amides is 1. The lowest BCUT2D eigenvalue weighted by molar-refractivity contribution is -0.256. The molecule has 0 bridgehead atoms. The summed E-state index contributed by atoms with van der Waals surface area (Å²) in [6.07, 6.45) is -6.91. The Labute approximate surface area is 562 Å². The number of likely N-dealkylation sites (N-methyl/N-ethyl adjacent to an activating group) is 2. The minimum absolute atomic E-state index is 0.0125. The van der Waals surface area contributed by atoms with Gasteiger partial charge in [0.1, 0.15) is 29.8 Å². The SMILES string of the molecule is CO[C@H]1OCCN2C3C[C@H](O[C@H]4C[C@](O)(C(=O)COC(=O)N(C)CCN(C)C(=O)OCc5ccc(NC(=O)[C@H](CCCNC(N)=O)CC(=O)[C@@H](NC(=O)CCC(=O)CNC(=O)CCC(C)C)C(C)C)cc5)Cc5c(O)c6c(c(O)c54)C(=O)c4c(C)cccc4C6=O)O[C@@H](C)[C@H]3O[C@H]12. The van der Waals surface area contributed by atoms with Crippen molar-refractivity contribution in [3.63, 3.8) is 0 Å². The summed E-state index contributed by atoms with van der Waals surface area (Å²) in [5.74, 6) is -7.02. The average Bonchev–Trinajstić information content (AvgIpc) is 1.24. The first kappa shape index (κ1) is 74.3. The van der Waals surface area contributed by atoms with E-state index in [1.54, 1.807) is 64.1 Å². The van der Waals surface area contributed by atoms with Crippen LogP contribution in [-0.4, -0.2) is 211 Å². The van der Waals surface area contributed by atoms with Crippen molar-refractivity contribution in [1.82, 2.24) is 30.7 Å². The molecular formula is C68H90N8O21. The molecule has 8 rings (SSSR count). The highest BCUT2D eigenvalue weighted by Crippen LogP contribution is 2.53. The van der Waals surface area contributed by atoms with Crippen molar-refractivity contribution >= 4 is 70.5 Å². The van der Waals surface area contributed by atoms with Crippen LogP contribution in [0.1, 0.15) is 153 Å². The number of nitrogens with two attached hydrogens (primary N) is 1. The number of fused-ring (bicyclic) bond motifs is 6. The first-order valence-corrected chi connectivity index (χ1v) is 32.7. The number of nitrogens with one attached hydrogen (secondary N) is 4. The van der Waals surface area contributed by atoms with Crippen molar-refractivity contribution in [3.8, 4) is 11.5 Å². The Kier molecular flexibility index (Phi) is 25.1. The standard InChI is InChI=1S/C68H90N8O21/c1-35(2)15-21-49(80)71-32-42(77)20-22-50(81)73-56(36(3)4)46(78)28-40(13-11-23-70-65(69)87)62(86)72-41-18-16-39(17-19-41)33-93-66(88)74(7)24-25-75(8)67(89)94-34-48(79)68(90)30-44-53(60(85)55-54(58(44)83)57(82)43-14-10-12-37(5)52(43)59(55)84)47(31-68)96-51-29-45-61(38(6)95-51)97-63-64(91-9)92-27-26-76(45)63/h10,12,14,16-19,35-36,38,40,45,47,51,56,61,63-64,83,85,90H,11,13,15,20-34H2,1-9H3,(H,71,80)(H,72,86)(H,73,81)(H3,69,70,87)/t38-,40+,45?,47-,51-,56-,61+,63+,64-,68-/m0/s1. The molecule has 10 atom stereocenters. The summed E-state index contributed by atoms with van der Waals surface area (Å²) < 4.78 is 41.5. The minimum atomic E-state index is -2.47. The number of aromatic hydroxyl groups is 2. The fraction of sp³-hybridized carbons (Fsp3) is 0.574. The number of hydrogen-bond acceptors (Lipinski definition) is 22. The van der Waals surface area contributed by atoms with Gasteiger partial charge in [-0.25, -0.2) is 14.4 Å². The molecule has 0 spiro atoms. The third-order valence-electron chi connectivity index (χ3n) is 18.3. The maximum atomic E-state index is 14.3. The number of nitrogens with zero attached hydrogens (tertiary/aromatic N) is 3. The van der Waals surface area contributed by atoms with Gasteiger partial charge in [-0.2, -0.15) is 0 Å². The number of anilines is 1. The van der Waals surface area contributed by atoms with Crippen LogP contribution in [0.4, 0.5) is 20.1 Å². The first-order valence-electron chi connectivity index (χ1n) is 32.7. The van der Waals surface area contributed by atoms with Gasteiger partial charge in [-0.1, -0.05) is 58.0 Å². The van der Waals surface area contributed by atoms with Crippen molar-refractivity contribution in [2.24, 2.45) is 23.5 Å². The second-order valence-electron chi connectivity index (χ2n) is 26.2. The lowest BCUT2D eigenvalue weighted by Crippen LogP contribution is -2.55. The van der Waals surface area contributed by atoms with E-state index in [0.717, 1.165) is 4.90 Å². The van der Waals surface area contributed by atoms with Crippen LogP contribution in [0.5, 0.6) is 11.5 Å². The topological polar surface area (TPSA) is 397 Å². The Balaban J connectivity index is 0.839. The van der Waals surface area contributed by atoms with E-state index < -0.39 is 150 Å². The molecule has 528 valence electrons. The molecular weight excluding hydrogens is 1260 g/mol. The summed E-state index contributed by atoms with van der Waals surface area (Å²) >= 11 is 0. The fourth-order valence-corrected chi connectivity index (χ4v) is 12.8. The molecule has 3 saturated heterocycles. The molecule has 0 aromatic heterocycles. The fourth-order valence-electron chi connectivity index (χ4n) is 12.8. The minimum Gasteiger partial charge on any atom is -0.507 e. The van der Waals surface area contributed by atoms with Gasteiger partial charge in [-0.3, -0.25) is 43.3 Å². The van der Waals surface area contributed by atoms with E-state index in [1.165, 1.54) is 32.2 Å². The highest BCUT2D eigenvalue weighted by Gasteiger charge is 2.55. The van der Waals surface area contributed by atoms with E-state index in [2.05, 4.69) is 26.2 Å². The quantitative estimate of drug-likeness (QED) is 0.0265. The molecule has 3 fully saturated rings. The van der Waals surface area contributed by atoms with Crippen LogP contribution >= 0.6 is 0 Å². The highest BCUT2D eigenvalue weighted by atomic mass is 16.7. The van der Waals surface area contributed by atoms with Crippen LogP contribution in [0, 0.1) is 24.7 Å². The Hall–Kier alpha value is -8.45. The van der Waals surface area contributed by atoms with Gasteiger partial charge in [0.25, 0.3) is 0 Å². The van der Waals surface area contributed by atoms with E-state index in [0.29, 0.717) is 42.3 Å². The summed E-state index contributed by atoms with van der Waals surface area (Å²) in [4.78, 5) is 150. The van der Waals surface area contributed by atoms with Gasteiger partial charge in [0, 0.05) is 132 Å². The molecule has 9 N–H and O–H groups in total. The summed E-state index contributed by atoms with van der Waals surface area (Å²) in [5.41, 5.74) is 2.77. The van der Waals surface area contributed by atoms with Gasteiger partial charge in [0.15, 0.2) is 48.5 Å². The first-order chi connectivity index (χ1) is 46.0. The maximum absolute atomic E-state index is 14.3. The second-order valence-corrected chi connectivity index (χ2v) is 26.2. The zero-order valence-electron chi connectivity index (χ0n) is 56.2. The zero-order chi connectivity index (χ0) is 70.7. The molecule has 3 aromatic carbocycles. The molecule has 3 aliphatic heterocycles. The molecule has 7 amide bonds. The number of carbonyl (C=O) groups excluding carboxylic acids is 11. The molecule has 3 heterocycles. The van der Waals surface area contributed by atoms with Crippen LogP contribution in [0.2, 0.25) is 0 Å². The number of amides is 7. The van der Waals surface area contributed by atoms with E-state index >= 15 is 0 Å². The largest absolute Gasteiger partial charge is 0.507 e. The van der Waals surface area contributed by atoms with Crippen molar-refractivity contribution < 1.29 is 101 Å². The van der Waals surface area contributed by atoms with Gasteiger partial charge >= 0.3 is 18.2 Å². The van der Waals surface area contributed by atoms with Crippen LogP contribution < -0.4 is 27.0 Å². The van der Waals surface area contributed by atoms with E-state index in [-0.39, 0.29) is 124 Å². The van der Waals surface area contributed by atoms with Crippen molar-refractivity contribution in [2.75, 3.05) is 72.5 Å². The Morgan fingerprint density at radius 1 is 0.835 bits per heavy atom. The van der Waals surface area contributed by atoms with Gasteiger partial charge in [0.2, 0.25) is 23.5 Å². The van der Waals surface area contributed by atoms with Crippen LogP contribution in [0.3, 0.4) is 0 Å². The van der Waals surface area contributed by atoms with Crippen LogP contribution in [0.15, 0.2) is 42.5 Å². The average molecular weight is 1360 g/mol. The molecule has 0 saturated carbocycles. The van der Waals surface area contributed by atoms with Gasteiger partial charge in [0.05, 0.1) is 42.5 Å². The zero-order valence-corrected chi connectivity index (χ0v) is 56.2. The third kappa shape index (κ3) is 18.0. The third-order valence-corrected chi connectivity index (χ3v) is 18.3. The molecule has 0 radical (unpaired) electrons. The van der Waals surface area contributed by atoms with Crippen molar-refractivity contribution in [2.45, 2.75) is 167 Å². The predicted octanol–water partition coefficient (Wildman–Crippen LogP) is 4.36. The molecule has 29 heteroatoms. The van der Waals surface area contributed by atoms with Crippen LogP contribution in [-0.2, 0) is 75.0 Å². The number of morpholine rings is 1. The number of aryl methyl sites for hydroxylation is 1. The monoisotopic (exact) mass is 1350 g/mol. The number of methoxy groups -OCH3 is 1. The molecule has 1 unspecified atom stereocenters. The van der Waals surface area contributed by atoms with Crippen molar-refractivity contribution in [3.05, 3.63) is 87.0 Å². The number of Topliss-reactive ketones (excluding diaryl/α,β-unsaturated/α-hetero) is 3. The molecule has 5 aliphatic rings. The molecule has 2 aliphatic carbocycles. The number of ether oxygens (including phenoxy) is 7. The molecule has 29 nitrogen and oxygen atoms in total. The Bertz CT molecular complexity index is 3470. The number of aliphatic hydroxyl groups is 1. The number of benzene rings is 3. The summed E-state index contributed by atoms with van der Waals surface area (Å²) in [6.45, 7) is 10.2. The predicted molar refractivity (Wildman–Crippen MR) is 345 cm³/mol. The summed E-state index contributed by atoms with van der Waals surface area (Å²) in [5, 5.41) is 47.2. The van der Waals surface area contributed by atoms with E-state index in [4.69, 9.17) is 38.9 Å². The number of rotatable bonds is 30. The number of urea groups is 1. The van der Waals surface area contributed by atoms with Crippen LogP contribution in [0.25, 0.3) is 0 Å². The van der Waals surface area contributed by atoms with E-state index in [9.17, 15) is 68.1 Å². The smallest absolute Gasteiger partial charge is 0.409 e. The highest BCUT2D eigenvalue weighted by molar-refractivity contribution is 6.31. The number of phenolic OH excluding ortho intramolecular Hbond substituents is 2. The number of ketones is 5. The lowest BCUT2D eigenvalue weighted by atomic mass is 9.71. The normalized spacial score (nSPS) is 22.3. The molecule has 3 aromatic rings. The maximum Gasteiger partial charge on any atom is 0.409 e. The van der Waals surface area contributed by atoms with Gasteiger partial charge in [-0.15, -0.1) is 0 Å². The Morgan fingerprint density at radius 3 is 2.20 bits per heavy atom. The lowest BCUT2D eigenvalue weighted by Gasteiger charge is -2.43. The second kappa shape index (κ2) is 32.7. The Morgan fingerprint density at radius 2 is 1.53 bits per heavy atom. The molecule has 97 heavy (non-hydrogen) atoms. The number of carbonyl (C=O) groups is 11. The number of hydrogen-bond donors (Lipinski definition) is 8. The van der Waals surface area contributed by atoms with E-state index in [1.807, 2.05) is 13.8 Å². The summed E-state index contributed by atoms with van der Waals surface area (Å²) in [6, 6.07) is 8.92. The van der Waals surface area contributed by atoms with Gasteiger partial charge < -0.3 is 85.3 Å².